The zero-order valence-corrected chi connectivity index (χ0v) is 7.26. The Morgan fingerprint density at radius 1 is 1.20 bits per heavy atom. The van der Waals surface area contributed by atoms with E-state index in [1.807, 2.05) is 0 Å². The van der Waals surface area contributed by atoms with Crippen LogP contribution in [0.2, 0.25) is 0 Å². The highest BCUT2D eigenvalue weighted by Crippen LogP contribution is 2.09. The molecule has 0 aromatic rings. The SMILES string of the molecule is CC([O])OCC(C)C(C)C. The summed E-state index contributed by atoms with van der Waals surface area (Å²) in [5, 5.41) is 10.4. The van der Waals surface area contributed by atoms with Gasteiger partial charge in [0.2, 0.25) is 0 Å². The van der Waals surface area contributed by atoms with Gasteiger partial charge in [0.05, 0.1) is 6.61 Å². The molecule has 61 valence electrons. The van der Waals surface area contributed by atoms with Crippen molar-refractivity contribution in [3.05, 3.63) is 0 Å². The fourth-order valence-corrected chi connectivity index (χ4v) is 0.480. The lowest BCUT2D eigenvalue weighted by Gasteiger charge is -2.15. The molecule has 2 atom stereocenters. The molecule has 0 amide bonds. The van der Waals surface area contributed by atoms with Crippen molar-refractivity contribution in [2.24, 2.45) is 11.8 Å². The zero-order valence-electron chi connectivity index (χ0n) is 7.26. The summed E-state index contributed by atoms with van der Waals surface area (Å²) in [4.78, 5) is 0. The topological polar surface area (TPSA) is 29.1 Å². The van der Waals surface area contributed by atoms with Crippen molar-refractivity contribution in [1.29, 1.82) is 0 Å². The second kappa shape index (κ2) is 4.69. The van der Waals surface area contributed by atoms with E-state index >= 15 is 0 Å². The molecule has 0 heterocycles. The van der Waals surface area contributed by atoms with Crippen molar-refractivity contribution in [1.82, 2.24) is 0 Å². The molecule has 0 aliphatic heterocycles. The van der Waals surface area contributed by atoms with Gasteiger partial charge in [0.15, 0.2) is 6.29 Å². The summed E-state index contributed by atoms with van der Waals surface area (Å²) in [5.74, 6) is 1.08. The third-order valence-corrected chi connectivity index (χ3v) is 1.73. The van der Waals surface area contributed by atoms with E-state index in [9.17, 15) is 5.11 Å². The van der Waals surface area contributed by atoms with Crippen LogP contribution in [0.5, 0.6) is 0 Å². The Balaban J connectivity index is 3.30. The number of ether oxygens (including phenoxy) is 1. The Hall–Kier alpha value is -0.0800. The van der Waals surface area contributed by atoms with Crippen LogP contribution in [0.4, 0.5) is 0 Å². The summed E-state index contributed by atoms with van der Waals surface area (Å²) in [5.41, 5.74) is 0. The van der Waals surface area contributed by atoms with Gasteiger partial charge in [-0.15, -0.1) is 0 Å². The van der Waals surface area contributed by atoms with Gasteiger partial charge < -0.3 is 4.74 Å². The van der Waals surface area contributed by atoms with E-state index in [1.54, 1.807) is 0 Å². The minimum absolute atomic E-state index is 0.483. The quantitative estimate of drug-likeness (QED) is 0.557. The smallest absolute Gasteiger partial charge is 0.188 e. The third-order valence-electron chi connectivity index (χ3n) is 1.73. The molecule has 0 aromatic heterocycles. The van der Waals surface area contributed by atoms with Crippen LogP contribution in [0.25, 0.3) is 0 Å². The minimum Gasteiger partial charge on any atom is -0.350 e. The molecule has 1 radical (unpaired) electrons. The highest BCUT2D eigenvalue weighted by atomic mass is 16.6. The van der Waals surface area contributed by atoms with E-state index in [0.29, 0.717) is 18.4 Å². The van der Waals surface area contributed by atoms with E-state index in [0.717, 1.165) is 0 Å². The molecule has 0 saturated heterocycles. The van der Waals surface area contributed by atoms with Gasteiger partial charge in [0.1, 0.15) is 0 Å². The molecular weight excluding hydrogens is 128 g/mol. The van der Waals surface area contributed by atoms with Gasteiger partial charge >= 0.3 is 0 Å². The standard InChI is InChI=1S/C8H17O2/c1-6(2)7(3)5-10-8(4)9/h6-8H,5H2,1-4H3. The average molecular weight is 145 g/mol. The van der Waals surface area contributed by atoms with Crippen LogP contribution >= 0.6 is 0 Å². The third kappa shape index (κ3) is 4.77. The van der Waals surface area contributed by atoms with E-state index in [-0.39, 0.29) is 0 Å². The summed E-state index contributed by atoms with van der Waals surface area (Å²) in [6.45, 7) is 8.45. The average Bonchev–Trinajstić information content (AvgIpc) is 1.82. The van der Waals surface area contributed by atoms with E-state index in [1.165, 1.54) is 6.92 Å². The number of rotatable bonds is 4. The molecular formula is C8H17O2. The summed E-state index contributed by atoms with van der Waals surface area (Å²) in [6.07, 6.45) is -0.874. The Morgan fingerprint density at radius 2 is 1.70 bits per heavy atom. The van der Waals surface area contributed by atoms with Crippen LogP contribution in [0.3, 0.4) is 0 Å². The number of hydrogen-bond donors (Lipinski definition) is 0. The van der Waals surface area contributed by atoms with Gasteiger partial charge in [-0.3, -0.25) is 0 Å². The van der Waals surface area contributed by atoms with Crippen molar-refractivity contribution >= 4 is 0 Å². The normalized spacial score (nSPS) is 17.4. The maximum atomic E-state index is 10.4. The molecule has 2 nitrogen and oxygen atoms in total. The predicted molar refractivity (Wildman–Crippen MR) is 40.1 cm³/mol. The van der Waals surface area contributed by atoms with Crippen molar-refractivity contribution in [3.8, 4) is 0 Å². The molecule has 0 rings (SSSR count). The monoisotopic (exact) mass is 145 g/mol. The van der Waals surface area contributed by atoms with Crippen LogP contribution in [0, 0.1) is 11.8 Å². The Labute approximate surface area is 63.2 Å². The lowest BCUT2D eigenvalue weighted by molar-refractivity contribution is -0.136. The first-order valence-electron chi connectivity index (χ1n) is 3.81. The minimum atomic E-state index is -0.874. The molecule has 2 heteroatoms. The molecule has 0 aliphatic carbocycles. The maximum Gasteiger partial charge on any atom is 0.188 e. The molecule has 0 spiro atoms. The van der Waals surface area contributed by atoms with Gasteiger partial charge in [-0.05, 0) is 18.8 Å². The highest BCUT2D eigenvalue weighted by Gasteiger charge is 2.08. The maximum absolute atomic E-state index is 10.4. The van der Waals surface area contributed by atoms with Crippen molar-refractivity contribution in [2.45, 2.75) is 34.0 Å². The molecule has 0 fully saturated rings. The van der Waals surface area contributed by atoms with Crippen molar-refractivity contribution < 1.29 is 9.84 Å². The van der Waals surface area contributed by atoms with Gasteiger partial charge in [-0.1, -0.05) is 20.8 Å². The van der Waals surface area contributed by atoms with Gasteiger partial charge in [0.25, 0.3) is 0 Å². The first-order chi connectivity index (χ1) is 4.54. The number of hydrogen-bond acceptors (Lipinski definition) is 1. The molecule has 0 saturated carbocycles. The Bertz CT molecular complexity index is 79.3. The Morgan fingerprint density at radius 3 is 2.00 bits per heavy atom. The molecule has 0 bridgehead atoms. The first kappa shape index (κ1) is 9.92. The summed E-state index contributed by atoms with van der Waals surface area (Å²) >= 11 is 0. The predicted octanol–water partition coefficient (Wildman–Crippen LogP) is 2.07. The van der Waals surface area contributed by atoms with E-state index < -0.39 is 6.29 Å². The molecule has 0 N–H and O–H groups in total. The lowest BCUT2D eigenvalue weighted by atomic mass is 9.99. The molecule has 10 heavy (non-hydrogen) atoms. The first-order valence-corrected chi connectivity index (χ1v) is 3.81. The zero-order chi connectivity index (χ0) is 8.15. The van der Waals surface area contributed by atoms with E-state index in [4.69, 9.17) is 4.74 Å². The molecule has 2 unspecified atom stereocenters. The molecule has 0 aromatic carbocycles. The fraction of sp³-hybridized carbons (Fsp3) is 1.00. The van der Waals surface area contributed by atoms with Crippen LogP contribution in [-0.4, -0.2) is 12.9 Å². The van der Waals surface area contributed by atoms with Gasteiger partial charge in [-0.25, -0.2) is 5.11 Å². The molecule has 0 aliphatic rings. The van der Waals surface area contributed by atoms with Crippen LogP contribution in [0.15, 0.2) is 0 Å². The van der Waals surface area contributed by atoms with Crippen molar-refractivity contribution in [2.75, 3.05) is 6.61 Å². The van der Waals surface area contributed by atoms with Gasteiger partial charge in [0, 0.05) is 0 Å². The summed E-state index contributed by atoms with van der Waals surface area (Å²) in [7, 11) is 0. The lowest BCUT2D eigenvalue weighted by Crippen LogP contribution is -2.16. The van der Waals surface area contributed by atoms with Crippen molar-refractivity contribution in [3.63, 3.8) is 0 Å². The fourth-order valence-electron chi connectivity index (χ4n) is 0.480. The van der Waals surface area contributed by atoms with Crippen LogP contribution < -0.4 is 0 Å². The largest absolute Gasteiger partial charge is 0.350 e. The summed E-state index contributed by atoms with van der Waals surface area (Å²) in [6, 6.07) is 0. The van der Waals surface area contributed by atoms with Gasteiger partial charge in [-0.2, -0.15) is 0 Å². The summed E-state index contributed by atoms with van der Waals surface area (Å²) < 4.78 is 4.91. The second-order valence-electron chi connectivity index (χ2n) is 3.12. The van der Waals surface area contributed by atoms with E-state index in [2.05, 4.69) is 20.8 Å². The van der Waals surface area contributed by atoms with Crippen LogP contribution in [0.1, 0.15) is 27.7 Å². The second-order valence-corrected chi connectivity index (χ2v) is 3.12. The highest BCUT2D eigenvalue weighted by molar-refractivity contribution is 4.54. The Kier molecular flexibility index (Phi) is 4.65. The van der Waals surface area contributed by atoms with Crippen LogP contribution in [-0.2, 0) is 9.84 Å².